The molecule has 4 rings (SSSR count). The van der Waals surface area contributed by atoms with Crippen molar-refractivity contribution < 1.29 is 23.5 Å². The number of nitrogens with zero attached hydrogens (tertiary/aromatic N) is 3. The molecule has 2 aromatic rings. The summed E-state index contributed by atoms with van der Waals surface area (Å²) in [5.41, 5.74) is -1.42. The van der Waals surface area contributed by atoms with E-state index in [0.29, 0.717) is 12.4 Å². The van der Waals surface area contributed by atoms with Gasteiger partial charge in [0.15, 0.2) is 5.01 Å². The van der Waals surface area contributed by atoms with Gasteiger partial charge in [-0.15, -0.1) is 11.3 Å². The maximum Gasteiger partial charge on any atom is 0.280 e. The molecule has 2 saturated heterocycles. The molecule has 11 heteroatoms. The van der Waals surface area contributed by atoms with Crippen molar-refractivity contribution in [3.8, 4) is 10.4 Å². The molecule has 0 aromatic carbocycles. The lowest BCUT2D eigenvalue weighted by atomic mass is 9.97. The summed E-state index contributed by atoms with van der Waals surface area (Å²) < 4.78 is 28.6. The van der Waals surface area contributed by atoms with Crippen molar-refractivity contribution in [1.82, 2.24) is 20.2 Å². The minimum absolute atomic E-state index is 0.00342. The van der Waals surface area contributed by atoms with Crippen LogP contribution in [-0.4, -0.2) is 62.6 Å². The Hall–Kier alpha value is -2.66. The number of nitrogens with one attached hydrogen (secondary N) is 2. The Labute approximate surface area is 219 Å². The Kier molecular flexibility index (Phi) is 7.58. The van der Waals surface area contributed by atoms with Crippen LogP contribution in [0.1, 0.15) is 92.6 Å². The van der Waals surface area contributed by atoms with Gasteiger partial charge in [-0.3, -0.25) is 9.59 Å². The van der Waals surface area contributed by atoms with Crippen molar-refractivity contribution in [2.75, 3.05) is 18.4 Å². The number of carbonyl (C=O) groups excluding carboxylic acids is 2. The Morgan fingerprint density at radius 3 is 2.30 bits per heavy atom. The Morgan fingerprint density at radius 2 is 1.76 bits per heavy atom. The zero-order chi connectivity index (χ0) is 27.1. The van der Waals surface area contributed by atoms with Crippen LogP contribution in [0.4, 0.5) is 14.6 Å². The van der Waals surface area contributed by atoms with Crippen molar-refractivity contribution in [1.29, 1.82) is 0 Å². The molecule has 0 atom stereocenters. The zero-order valence-electron chi connectivity index (χ0n) is 21.9. The smallest absolute Gasteiger partial charge is 0.280 e. The molecular weight excluding hydrogens is 500 g/mol. The topological polar surface area (TPSA) is 107 Å². The molecule has 2 aliphatic rings. The first kappa shape index (κ1) is 27.4. The molecule has 0 unspecified atom stereocenters. The van der Waals surface area contributed by atoms with Gasteiger partial charge in [-0.25, -0.2) is 18.7 Å². The van der Waals surface area contributed by atoms with E-state index in [4.69, 9.17) is 0 Å². The molecule has 202 valence electrons. The predicted molar refractivity (Wildman–Crippen MR) is 139 cm³/mol. The van der Waals surface area contributed by atoms with Crippen LogP contribution in [0.15, 0.2) is 12.3 Å². The maximum atomic E-state index is 14.3. The second-order valence-corrected chi connectivity index (χ2v) is 12.7. The second-order valence-electron chi connectivity index (χ2n) is 11.7. The van der Waals surface area contributed by atoms with Crippen LogP contribution in [0.25, 0.3) is 10.4 Å². The molecule has 0 aliphatic carbocycles. The van der Waals surface area contributed by atoms with E-state index in [1.54, 1.807) is 13.8 Å². The van der Waals surface area contributed by atoms with E-state index in [9.17, 15) is 23.5 Å². The Bertz CT molecular complexity index is 1150. The summed E-state index contributed by atoms with van der Waals surface area (Å²) in [6.45, 7) is 9.67. The molecule has 0 spiro atoms. The maximum absolute atomic E-state index is 14.3. The first-order valence-corrected chi connectivity index (χ1v) is 13.4. The summed E-state index contributed by atoms with van der Waals surface area (Å²) in [6.07, 6.45) is 2.14. The largest absolute Gasteiger partial charge is 0.389 e. The van der Waals surface area contributed by atoms with Crippen molar-refractivity contribution in [2.45, 2.75) is 84.4 Å². The van der Waals surface area contributed by atoms with E-state index in [2.05, 4.69) is 20.6 Å². The first-order valence-electron chi connectivity index (χ1n) is 12.6. The van der Waals surface area contributed by atoms with Gasteiger partial charge in [0, 0.05) is 42.5 Å². The normalized spacial score (nSPS) is 19.5. The number of anilines is 1. The van der Waals surface area contributed by atoms with E-state index in [1.165, 1.54) is 12.3 Å². The molecule has 0 saturated carbocycles. The first-order chi connectivity index (χ1) is 17.2. The molecule has 2 aromatic heterocycles. The zero-order valence-corrected chi connectivity index (χ0v) is 22.7. The number of amides is 2. The Morgan fingerprint density at radius 1 is 1.14 bits per heavy atom. The van der Waals surface area contributed by atoms with Crippen molar-refractivity contribution >= 4 is 29.0 Å². The minimum atomic E-state index is -2.83. The number of halogens is 2. The molecular formula is C26H35F2N5O3S. The molecule has 4 heterocycles. The molecule has 2 fully saturated rings. The number of alkyl halides is 2. The third-order valence-electron chi connectivity index (χ3n) is 6.61. The van der Waals surface area contributed by atoms with Crippen LogP contribution in [0.3, 0.4) is 0 Å². The highest BCUT2D eigenvalue weighted by atomic mass is 32.1. The lowest BCUT2D eigenvalue weighted by Crippen LogP contribution is -2.38. The number of carbonyl (C=O) groups is 2. The van der Waals surface area contributed by atoms with Crippen LogP contribution in [-0.2, 0) is 0 Å². The standard InChI is InChI=1S/C26H35F2N5O3S/c1-25(2,3)12-30-18-10-16(21(27)28)17(11-29-18)20-19(24(35)33-14-6-7-15(33)9-8-14)32-23(37-20)22(34)31-13-26(4,5)36/h10-11,14-15,21,36H,6-9,12-13H2,1-5H3,(H,29,30)(H,31,34)/t14-,15-. The van der Waals surface area contributed by atoms with Crippen LogP contribution < -0.4 is 10.6 Å². The number of hydrogen-bond donors (Lipinski definition) is 3. The lowest BCUT2D eigenvalue weighted by Gasteiger charge is -2.22. The fourth-order valence-electron chi connectivity index (χ4n) is 4.78. The van der Waals surface area contributed by atoms with Crippen LogP contribution >= 0.6 is 11.3 Å². The summed E-state index contributed by atoms with van der Waals surface area (Å²) in [4.78, 5) is 37.3. The molecule has 2 amide bonds. The predicted octanol–water partition coefficient (Wildman–Crippen LogP) is 4.87. The highest BCUT2D eigenvalue weighted by molar-refractivity contribution is 7.17. The second kappa shape index (κ2) is 10.2. The van der Waals surface area contributed by atoms with Crippen molar-refractivity contribution in [3.05, 3.63) is 28.5 Å². The highest BCUT2D eigenvalue weighted by Gasteiger charge is 2.44. The van der Waals surface area contributed by atoms with E-state index < -0.39 is 17.9 Å². The van der Waals surface area contributed by atoms with Gasteiger partial charge in [-0.2, -0.15) is 0 Å². The summed E-state index contributed by atoms with van der Waals surface area (Å²) in [5, 5.41) is 15.7. The van der Waals surface area contributed by atoms with Gasteiger partial charge in [0.05, 0.1) is 10.5 Å². The number of aliphatic hydroxyl groups is 1. The average Bonchev–Trinajstić information content (AvgIpc) is 3.54. The van der Waals surface area contributed by atoms with E-state index in [-0.39, 0.29) is 56.7 Å². The summed E-state index contributed by atoms with van der Waals surface area (Å²) in [5.74, 6) is -0.605. The van der Waals surface area contributed by atoms with Gasteiger partial charge < -0.3 is 20.6 Å². The van der Waals surface area contributed by atoms with Gasteiger partial charge >= 0.3 is 0 Å². The van der Waals surface area contributed by atoms with Crippen molar-refractivity contribution in [2.24, 2.45) is 5.41 Å². The molecule has 2 aliphatic heterocycles. The SMILES string of the molecule is CC(C)(C)CNc1cc(C(F)F)c(-c2sc(C(=O)NCC(C)(C)O)nc2C(=O)N2[C@H]3CC[C@H]2CC3)cn1. The molecule has 37 heavy (non-hydrogen) atoms. The minimum Gasteiger partial charge on any atom is -0.389 e. The highest BCUT2D eigenvalue weighted by Crippen LogP contribution is 2.42. The summed E-state index contributed by atoms with van der Waals surface area (Å²) in [7, 11) is 0. The number of hydrogen-bond acceptors (Lipinski definition) is 7. The van der Waals surface area contributed by atoms with Gasteiger partial charge in [-0.1, -0.05) is 20.8 Å². The van der Waals surface area contributed by atoms with E-state index in [0.717, 1.165) is 37.0 Å². The third-order valence-corrected chi connectivity index (χ3v) is 7.70. The fourth-order valence-corrected chi connectivity index (χ4v) is 5.78. The summed E-state index contributed by atoms with van der Waals surface area (Å²) >= 11 is 0.890. The Balaban J connectivity index is 1.74. The monoisotopic (exact) mass is 535 g/mol. The number of fused-ring (bicyclic) bond motifs is 2. The number of rotatable bonds is 8. The molecule has 8 nitrogen and oxygen atoms in total. The van der Waals surface area contributed by atoms with Crippen LogP contribution in [0, 0.1) is 5.41 Å². The molecule has 3 N–H and O–H groups in total. The van der Waals surface area contributed by atoms with Gasteiger partial charge in [-0.05, 0) is 51.0 Å². The third kappa shape index (κ3) is 6.26. The number of aromatic nitrogens is 2. The van der Waals surface area contributed by atoms with Crippen LogP contribution in [0.2, 0.25) is 0 Å². The van der Waals surface area contributed by atoms with Crippen LogP contribution in [0.5, 0.6) is 0 Å². The van der Waals surface area contributed by atoms with Crippen molar-refractivity contribution in [3.63, 3.8) is 0 Å². The molecule has 2 bridgehead atoms. The van der Waals surface area contributed by atoms with E-state index in [1.807, 2.05) is 25.7 Å². The van der Waals surface area contributed by atoms with Gasteiger partial charge in [0.25, 0.3) is 18.2 Å². The average molecular weight is 536 g/mol. The van der Waals surface area contributed by atoms with Gasteiger partial charge in [0.2, 0.25) is 0 Å². The van der Waals surface area contributed by atoms with Gasteiger partial charge in [0.1, 0.15) is 11.5 Å². The quantitative estimate of drug-likeness (QED) is 0.445. The molecule has 0 radical (unpaired) electrons. The number of thiazole rings is 1. The lowest BCUT2D eigenvalue weighted by molar-refractivity contribution is 0.0692. The number of pyridine rings is 1. The fraction of sp³-hybridized carbons (Fsp3) is 0.615. The summed E-state index contributed by atoms with van der Waals surface area (Å²) in [6, 6.07) is 1.51. The van der Waals surface area contributed by atoms with E-state index >= 15 is 0 Å².